The Morgan fingerprint density at radius 3 is 2.67 bits per heavy atom. The number of hydrogen-bond acceptors (Lipinski definition) is 4. The zero-order valence-corrected chi connectivity index (χ0v) is 17.3. The van der Waals surface area contributed by atoms with Gasteiger partial charge in [-0.1, -0.05) is 24.3 Å². The van der Waals surface area contributed by atoms with Crippen LogP contribution in [0.2, 0.25) is 0 Å². The lowest BCUT2D eigenvalue weighted by Gasteiger charge is -2.58. The number of pyridine rings is 1. The monoisotopic (exact) mass is 403 g/mol. The van der Waals surface area contributed by atoms with Gasteiger partial charge in [0.1, 0.15) is 11.5 Å². The van der Waals surface area contributed by atoms with E-state index < -0.39 is 5.60 Å². The first-order chi connectivity index (χ1) is 14.6. The molecule has 0 saturated heterocycles. The summed E-state index contributed by atoms with van der Waals surface area (Å²) in [6.07, 6.45) is 7.09. The summed E-state index contributed by atoms with van der Waals surface area (Å²) in [6.45, 7) is 0.918. The van der Waals surface area contributed by atoms with Crippen LogP contribution in [0.25, 0.3) is 0 Å². The molecule has 4 aliphatic carbocycles. The number of carbonyl (C=O) groups is 1. The van der Waals surface area contributed by atoms with Crippen molar-refractivity contribution >= 4 is 17.4 Å². The Kier molecular flexibility index (Phi) is 4.17. The number of para-hydroxylation sites is 1. The Hall–Kier alpha value is -2.40. The van der Waals surface area contributed by atoms with Gasteiger partial charge in [0.25, 0.3) is 5.91 Å². The number of hydrogen-bond donors (Lipinski definition) is 2. The van der Waals surface area contributed by atoms with Gasteiger partial charge in [-0.2, -0.15) is 0 Å². The fraction of sp³-hybridized carbons (Fsp3) is 0.520. The van der Waals surface area contributed by atoms with Gasteiger partial charge in [-0.25, -0.2) is 4.98 Å². The van der Waals surface area contributed by atoms with Gasteiger partial charge < -0.3 is 15.3 Å². The van der Waals surface area contributed by atoms with Gasteiger partial charge in [0.15, 0.2) is 0 Å². The van der Waals surface area contributed by atoms with Gasteiger partial charge in [-0.15, -0.1) is 0 Å². The van der Waals surface area contributed by atoms with Crippen LogP contribution in [-0.4, -0.2) is 34.2 Å². The van der Waals surface area contributed by atoms with Crippen molar-refractivity contribution in [3.8, 4) is 0 Å². The average molecular weight is 404 g/mol. The normalized spacial score (nSPS) is 34.0. The van der Waals surface area contributed by atoms with Crippen LogP contribution in [0.15, 0.2) is 42.5 Å². The number of aryl methyl sites for hydroxylation is 1. The maximum Gasteiger partial charge on any atom is 0.270 e. The smallest absolute Gasteiger partial charge is 0.270 e. The molecule has 2 aromatic rings. The molecule has 156 valence electrons. The van der Waals surface area contributed by atoms with Crippen molar-refractivity contribution in [3.63, 3.8) is 0 Å². The molecule has 2 N–H and O–H groups in total. The predicted molar refractivity (Wildman–Crippen MR) is 116 cm³/mol. The SMILES string of the molecule is O=C(N[C@H]1C2CC3CC1C[C@](O)(C3)C2)c1cccc(N2CCCc3ccccc32)n1. The third-order valence-electron chi connectivity index (χ3n) is 7.89. The predicted octanol–water partition coefficient (Wildman–Crippen LogP) is 3.84. The van der Waals surface area contributed by atoms with Gasteiger partial charge in [-0.3, -0.25) is 4.79 Å². The summed E-state index contributed by atoms with van der Waals surface area (Å²) in [4.78, 5) is 20.1. The highest BCUT2D eigenvalue weighted by molar-refractivity contribution is 5.93. The van der Waals surface area contributed by atoms with Crippen LogP contribution in [0.5, 0.6) is 0 Å². The van der Waals surface area contributed by atoms with E-state index in [9.17, 15) is 9.90 Å². The highest BCUT2D eigenvalue weighted by Gasteiger charge is 2.55. The standard InChI is InChI=1S/C25H29N3O2/c29-24(27-23-18-11-16-12-19(23)15-25(30,13-16)14-18)20-7-3-9-22(26-20)28-10-4-6-17-5-1-2-8-21(17)28/h1-3,5,7-9,16,18-19,23,30H,4,6,10-15H2,(H,27,29)/t16?,18?,19?,23-,25-. The van der Waals surface area contributed by atoms with Gasteiger partial charge in [0.05, 0.1) is 5.60 Å². The highest BCUT2D eigenvalue weighted by atomic mass is 16.3. The van der Waals surface area contributed by atoms with Crippen LogP contribution >= 0.6 is 0 Å². The van der Waals surface area contributed by atoms with Crippen LogP contribution in [0.1, 0.15) is 54.6 Å². The number of aromatic nitrogens is 1. The van der Waals surface area contributed by atoms with Crippen LogP contribution < -0.4 is 10.2 Å². The first-order valence-corrected chi connectivity index (χ1v) is 11.4. The zero-order chi connectivity index (χ0) is 20.3. The molecule has 0 spiro atoms. The molecule has 7 rings (SSSR count). The molecule has 0 radical (unpaired) electrons. The van der Waals surface area contributed by atoms with E-state index in [1.807, 2.05) is 18.2 Å². The van der Waals surface area contributed by atoms with E-state index in [2.05, 4.69) is 34.5 Å². The lowest BCUT2D eigenvalue weighted by Crippen LogP contribution is -2.61. The second-order valence-corrected chi connectivity index (χ2v) is 9.96. The molecular formula is C25H29N3O2. The van der Waals surface area contributed by atoms with Gasteiger partial charge in [0, 0.05) is 18.3 Å². The van der Waals surface area contributed by atoms with Gasteiger partial charge >= 0.3 is 0 Å². The van der Waals surface area contributed by atoms with E-state index in [0.717, 1.165) is 57.3 Å². The molecule has 4 saturated carbocycles. The first kappa shape index (κ1) is 18.4. The molecule has 2 atom stereocenters. The third-order valence-corrected chi connectivity index (χ3v) is 7.89. The van der Waals surface area contributed by atoms with Crippen molar-refractivity contribution < 1.29 is 9.90 Å². The number of aliphatic hydroxyl groups is 1. The number of fused-ring (bicyclic) bond motifs is 1. The molecule has 5 heteroatoms. The number of rotatable bonds is 3. The minimum Gasteiger partial charge on any atom is -0.390 e. The largest absolute Gasteiger partial charge is 0.390 e. The van der Waals surface area contributed by atoms with E-state index in [0.29, 0.717) is 23.4 Å². The van der Waals surface area contributed by atoms with E-state index in [1.54, 1.807) is 0 Å². The fourth-order valence-corrected chi connectivity index (χ4v) is 6.91. The fourth-order valence-electron chi connectivity index (χ4n) is 6.91. The number of amides is 1. The summed E-state index contributed by atoms with van der Waals surface area (Å²) in [7, 11) is 0. The van der Waals surface area contributed by atoms with Gasteiger partial charge in [0.2, 0.25) is 0 Å². The van der Waals surface area contributed by atoms with Crippen molar-refractivity contribution in [2.24, 2.45) is 17.8 Å². The van der Waals surface area contributed by atoms with E-state index >= 15 is 0 Å². The Labute approximate surface area is 177 Å². The number of anilines is 2. The highest BCUT2D eigenvalue weighted by Crippen LogP contribution is 2.55. The number of benzene rings is 1. The molecule has 1 aromatic heterocycles. The summed E-state index contributed by atoms with van der Waals surface area (Å²) >= 11 is 0. The molecule has 30 heavy (non-hydrogen) atoms. The lowest BCUT2D eigenvalue weighted by molar-refractivity contribution is -0.136. The molecule has 2 heterocycles. The molecule has 1 aromatic carbocycles. The number of nitrogens with one attached hydrogen (secondary N) is 1. The average Bonchev–Trinajstić information content (AvgIpc) is 2.74. The summed E-state index contributed by atoms with van der Waals surface area (Å²) < 4.78 is 0. The van der Waals surface area contributed by atoms with E-state index in [-0.39, 0.29) is 11.9 Å². The molecule has 5 nitrogen and oxygen atoms in total. The summed E-state index contributed by atoms with van der Waals surface area (Å²) in [5.74, 6) is 2.21. The second kappa shape index (κ2) is 6.81. The van der Waals surface area contributed by atoms with Crippen molar-refractivity contribution in [2.75, 3.05) is 11.4 Å². The molecule has 1 aliphatic heterocycles. The van der Waals surface area contributed by atoms with E-state index in [1.165, 1.54) is 11.3 Å². The Balaban J connectivity index is 1.23. The van der Waals surface area contributed by atoms with Crippen molar-refractivity contribution in [2.45, 2.75) is 56.6 Å². The van der Waals surface area contributed by atoms with Crippen LogP contribution in [0, 0.1) is 17.8 Å². The minimum atomic E-state index is -0.475. The number of nitrogens with zero attached hydrogens (tertiary/aromatic N) is 2. The van der Waals surface area contributed by atoms with Crippen LogP contribution in [0.3, 0.4) is 0 Å². The first-order valence-electron chi connectivity index (χ1n) is 11.4. The molecule has 4 fully saturated rings. The second-order valence-electron chi connectivity index (χ2n) is 9.96. The number of carbonyl (C=O) groups excluding carboxylic acids is 1. The van der Waals surface area contributed by atoms with Crippen molar-refractivity contribution in [3.05, 3.63) is 53.7 Å². The lowest BCUT2D eigenvalue weighted by atomic mass is 9.52. The van der Waals surface area contributed by atoms with Crippen molar-refractivity contribution in [1.29, 1.82) is 0 Å². The zero-order valence-electron chi connectivity index (χ0n) is 17.3. The summed E-state index contributed by atoms with van der Waals surface area (Å²) in [5.41, 5.74) is 2.55. The van der Waals surface area contributed by atoms with E-state index in [4.69, 9.17) is 4.98 Å². The molecule has 2 unspecified atom stereocenters. The van der Waals surface area contributed by atoms with Crippen LogP contribution in [-0.2, 0) is 6.42 Å². The van der Waals surface area contributed by atoms with Gasteiger partial charge in [-0.05, 0) is 86.5 Å². The molecule has 4 bridgehead atoms. The maximum absolute atomic E-state index is 13.1. The van der Waals surface area contributed by atoms with Crippen LogP contribution in [0.4, 0.5) is 11.5 Å². The maximum atomic E-state index is 13.1. The molecule has 1 amide bonds. The topological polar surface area (TPSA) is 65.5 Å². The quantitative estimate of drug-likeness (QED) is 0.817. The Morgan fingerprint density at radius 2 is 1.87 bits per heavy atom. The molecule has 5 aliphatic rings. The summed E-state index contributed by atoms with van der Waals surface area (Å²) in [6, 6.07) is 14.4. The minimum absolute atomic E-state index is 0.0772. The third kappa shape index (κ3) is 3.02. The Morgan fingerprint density at radius 1 is 1.07 bits per heavy atom. The summed E-state index contributed by atoms with van der Waals surface area (Å²) in [5, 5.41) is 14.1. The van der Waals surface area contributed by atoms with Crippen molar-refractivity contribution in [1.82, 2.24) is 10.3 Å². The molecular weight excluding hydrogens is 374 g/mol. The Bertz CT molecular complexity index is 974.